The Morgan fingerprint density at radius 1 is 1.42 bits per heavy atom. The van der Waals surface area contributed by atoms with Gasteiger partial charge in [-0.25, -0.2) is 4.68 Å². The molecule has 104 valence electrons. The molecule has 0 aromatic carbocycles. The van der Waals surface area contributed by atoms with Gasteiger partial charge in [-0.2, -0.15) is 0 Å². The molecule has 1 saturated carbocycles. The summed E-state index contributed by atoms with van der Waals surface area (Å²) in [5.74, 6) is 0.525. The van der Waals surface area contributed by atoms with Gasteiger partial charge in [0, 0.05) is 0 Å². The molecule has 19 heavy (non-hydrogen) atoms. The van der Waals surface area contributed by atoms with Crippen LogP contribution in [-0.2, 0) is 11.3 Å². The Bertz CT molecular complexity index is 470. The minimum absolute atomic E-state index is 0.409. The molecule has 2 unspecified atom stereocenters. The predicted molar refractivity (Wildman–Crippen MR) is 66.3 cm³/mol. The summed E-state index contributed by atoms with van der Waals surface area (Å²) in [4.78, 5) is 13.4. The molecule has 7 nitrogen and oxygen atoms in total. The third-order valence-corrected chi connectivity index (χ3v) is 4.06. The van der Waals surface area contributed by atoms with Crippen LogP contribution in [0.25, 0.3) is 0 Å². The molecule has 1 N–H and O–H groups in total. The van der Waals surface area contributed by atoms with E-state index >= 15 is 0 Å². The highest BCUT2D eigenvalue weighted by Crippen LogP contribution is 2.35. The summed E-state index contributed by atoms with van der Waals surface area (Å²) >= 11 is 0. The van der Waals surface area contributed by atoms with Crippen LogP contribution in [-0.4, -0.2) is 48.8 Å². The van der Waals surface area contributed by atoms with Crippen LogP contribution in [0.2, 0.25) is 0 Å². The normalized spacial score (nSPS) is 28.5. The SMILES string of the molecule is CC1CCN(Cc2nnnn2C2CC2)C(C(=O)O)C1. The van der Waals surface area contributed by atoms with E-state index in [1.807, 2.05) is 9.58 Å². The van der Waals surface area contributed by atoms with Gasteiger partial charge in [0.25, 0.3) is 0 Å². The smallest absolute Gasteiger partial charge is 0.320 e. The monoisotopic (exact) mass is 265 g/mol. The van der Waals surface area contributed by atoms with Crippen LogP contribution >= 0.6 is 0 Å². The molecule has 2 aliphatic rings. The van der Waals surface area contributed by atoms with Crippen LogP contribution in [0.15, 0.2) is 0 Å². The highest BCUT2D eigenvalue weighted by atomic mass is 16.4. The predicted octanol–water partition coefficient (Wildman–Crippen LogP) is 0.693. The second-order valence-electron chi connectivity index (χ2n) is 5.72. The van der Waals surface area contributed by atoms with Crippen molar-refractivity contribution in [1.82, 2.24) is 25.1 Å². The van der Waals surface area contributed by atoms with E-state index < -0.39 is 12.0 Å². The van der Waals surface area contributed by atoms with Crippen molar-refractivity contribution in [2.24, 2.45) is 5.92 Å². The second-order valence-corrected chi connectivity index (χ2v) is 5.72. The Labute approximate surface area is 111 Å². The fourth-order valence-electron chi connectivity index (χ4n) is 2.74. The zero-order chi connectivity index (χ0) is 13.4. The topological polar surface area (TPSA) is 84.1 Å². The minimum atomic E-state index is -0.739. The van der Waals surface area contributed by atoms with Gasteiger partial charge in [-0.05, 0) is 48.6 Å². The Morgan fingerprint density at radius 2 is 2.21 bits per heavy atom. The zero-order valence-electron chi connectivity index (χ0n) is 11.1. The zero-order valence-corrected chi connectivity index (χ0v) is 11.1. The lowest BCUT2D eigenvalue weighted by Gasteiger charge is -2.35. The van der Waals surface area contributed by atoms with Crippen LogP contribution in [0.4, 0.5) is 0 Å². The molecule has 1 aliphatic heterocycles. The van der Waals surface area contributed by atoms with Crippen molar-refractivity contribution in [3.63, 3.8) is 0 Å². The highest BCUT2D eigenvalue weighted by molar-refractivity contribution is 5.73. The quantitative estimate of drug-likeness (QED) is 0.862. The third kappa shape index (κ3) is 2.60. The van der Waals surface area contributed by atoms with Crippen LogP contribution in [0.1, 0.15) is 44.5 Å². The van der Waals surface area contributed by atoms with E-state index in [4.69, 9.17) is 0 Å². The Kier molecular flexibility index (Phi) is 3.22. The van der Waals surface area contributed by atoms with Crippen molar-refractivity contribution in [2.45, 2.75) is 51.2 Å². The van der Waals surface area contributed by atoms with Crippen molar-refractivity contribution in [1.29, 1.82) is 0 Å². The molecule has 2 fully saturated rings. The number of likely N-dealkylation sites (tertiary alicyclic amines) is 1. The summed E-state index contributed by atoms with van der Waals surface area (Å²) in [6.45, 7) is 3.45. The van der Waals surface area contributed by atoms with E-state index in [1.54, 1.807) is 0 Å². The number of nitrogens with zero attached hydrogens (tertiary/aromatic N) is 5. The first kappa shape index (κ1) is 12.5. The number of aromatic nitrogens is 4. The Morgan fingerprint density at radius 3 is 2.89 bits per heavy atom. The van der Waals surface area contributed by atoms with Gasteiger partial charge in [-0.1, -0.05) is 6.92 Å². The van der Waals surface area contributed by atoms with Gasteiger partial charge >= 0.3 is 5.97 Å². The number of carboxylic acid groups (broad SMARTS) is 1. The molecule has 0 spiro atoms. The lowest BCUT2D eigenvalue weighted by atomic mass is 9.92. The number of carbonyl (C=O) groups is 1. The number of aliphatic carboxylic acids is 1. The van der Waals surface area contributed by atoms with E-state index in [0.29, 0.717) is 24.9 Å². The Hall–Kier alpha value is -1.50. The molecular weight excluding hydrogens is 246 g/mol. The molecule has 1 aromatic heterocycles. The van der Waals surface area contributed by atoms with Gasteiger partial charge in [0.15, 0.2) is 5.82 Å². The summed E-state index contributed by atoms with van der Waals surface area (Å²) in [6.07, 6.45) is 3.99. The second kappa shape index (κ2) is 4.88. The van der Waals surface area contributed by atoms with Crippen molar-refractivity contribution in [3.05, 3.63) is 5.82 Å². The summed E-state index contributed by atoms with van der Waals surface area (Å²) in [5.41, 5.74) is 0. The summed E-state index contributed by atoms with van der Waals surface area (Å²) in [7, 11) is 0. The maximum absolute atomic E-state index is 11.4. The molecule has 1 aliphatic carbocycles. The number of piperidine rings is 1. The van der Waals surface area contributed by atoms with Crippen molar-refractivity contribution in [2.75, 3.05) is 6.54 Å². The summed E-state index contributed by atoms with van der Waals surface area (Å²) in [5, 5.41) is 21.1. The molecule has 3 rings (SSSR count). The molecular formula is C12H19N5O2. The minimum Gasteiger partial charge on any atom is -0.480 e. The molecule has 0 amide bonds. The molecule has 2 atom stereocenters. The summed E-state index contributed by atoms with van der Waals surface area (Å²) in [6, 6.07) is 0.0186. The van der Waals surface area contributed by atoms with Gasteiger partial charge in [0.2, 0.25) is 0 Å². The first-order valence-electron chi connectivity index (χ1n) is 6.88. The van der Waals surface area contributed by atoms with E-state index in [9.17, 15) is 9.90 Å². The standard InChI is InChI=1S/C12H19N5O2/c1-8-4-5-16(10(6-8)12(18)19)7-11-13-14-15-17(11)9-2-3-9/h8-10H,2-7H2,1H3,(H,18,19). The van der Waals surface area contributed by atoms with Gasteiger partial charge < -0.3 is 5.11 Å². The summed E-state index contributed by atoms with van der Waals surface area (Å²) < 4.78 is 1.86. The van der Waals surface area contributed by atoms with Gasteiger partial charge in [0.05, 0.1) is 12.6 Å². The fourth-order valence-corrected chi connectivity index (χ4v) is 2.74. The van der Waals surface area contributed by atoms with Crippen molar-refractivity contribution in [3.8, 4) is 0 Å². The van der Waals surface area contributed by atoms with E-state index in [1.165, 1.54) is 0 Å². The molecule has 1 aromatic rings. The van der Waals surface area contributed by atoms with E-state index in [0.717, 1.165) is 31.6 Å². The number of rotatable bonds is 4. The average Bonchev–Trinajstić information content (AvgIpc) is 3.12. The number of carboxylic acids is 1. The Balaban J connectivity index is 1.73. The van der Waals surface area contributed by atoms with Gasteiger partial charge in [0.1, 0.15) is 6.04 Å². The molecule has 1 saturated heterocycles. The number of tetrazole rings is 1. The molecule has 7 heteroatoms. The van der Waals surface area contributed by atoms with Crippen LogP contribution < -0.4 is 0 Å². The molecule has 2 heterocycles. The lowest BCUT2D eigenvalue weighted by molar-refractivity contribution is -0.145. The molecule has 0 bridgehead atoms. The molecule has 0 radical (unpaired) electrons. The third-order valence-electron chi connectivity index (χ3n) is 4.06. The first-order valence-corrected chi connectivity index (χ1v) is 6.88. The number of hydrogen-bond donors (Lipinski definition) is 1. The van der Waals surface area contributed by atoms with Crippen LogP contribution in [0.3, 0.4) is 0 Å². The fraction of sp³-hybridized carbons (Fsp3) is 0.833. The van der Waals surface area contributed by atoms with Crippen molar-refractivity contribution < 1.29 is 9.90 Å². The highest BCUT2D eigenvalue weighted by Gasteiger charge is 2.34. The maximum Gasteiger partial charge on any atom is 0.320 e. The number of hydrogen-bond acceptors (Lipinski definition) is 5. The van der Waals surface area contributed by atoms with Crippen LogP contribution in [0, 0.1) is 5.92 Å². The average molecular weight is 265 g/mol. The van der Waals surface area contributed by atoms with Crippen molar-refractivity contribution >= 4 is 5.97 Å². The largest absolute Gasteiger partial charge is 0.480 e. The maximum atomic E-state index is 11.4. The van der Waals surface area contributed by atoms with E-state index in [2.05, 4.69) is 22.4 Å². The lowest BCUT2D eigenvalue weighted by Crippen LogP contribution is -2.46. The first-order chi connectivity index (χ1) is 9.15. The van der Waals surface area contributed by atoms with Gasteiger partial charge in [-0.15, -0.1) is 5.10 Å². The van der Waals surface area contributed by atoms with Crippen LogP contribution in [0.5, 0.6) is 0 Å². The van der Waals surface area contributed by atoms with Gasteiger partial charge in [-0.3, -0.25) is 9.69 Å². The van der Waals surface area contributed by atoms with E-state index in [-0.39, 0.29) is 0 Å².